The van der Waals surface area contributed by atoms with Crippen molar-refractivity contribution in [1.29, 1.82) is 0 Å². The maximum atomic E-state index is 12.3. The minimum Gasteiger partial charge on any atom is -0.492 e. The van der Waals surface area contributed by atoms with Crippen LogP contribution in [0.1, 0.15) is 10.6 Å². The molecule has 3 rings (SSSR count). The SMILES string of the molecule is COc1c(C(=O)NCCN2CCOCC2)oc2ccccc12. The first-order chi connectivity index (χ1) is 10.8. The zero-order valence-corrected chi connectivity index (χ0v) is 12.6. The minimum atomic E-state index is -0.249. The zero-order chi connectivity index (χ0) is 15.4. The standard InChI is InChI=1S/C16H20N2O4/c1-20-14-12-4-2-3-5-13(12)22-15(14)16(19)17-6-7-18-8-10-21-11-9-18/h2-5H,6-11H2,1H3,(H,17,19). The molecule has 1 aliphatic heterocycles. The third-order valence-electron chi connectivity index (χ3n) is 3.78. The molecule has 0 bridgehead atoms. The Morgan fingerprint density at radius 1 is 1.32 bits per heavy atom. The lowest BCUT2D eigenvalue weighted by Gasteiger charge is -2.26. The number of nitrogens with one attached hydrogen (secondary N) is 1. The Balaban J connectivity index is 1.64. The molecule has 0 atom stereocenters. The topological polar surface area (TPSA) is 63.9 Å². The van der Waals surface area contributed by atoms with E-state index in [1.54, 1.807) is 7.11 Å². The molecule has 2 aromatic rings. The predicted molar refractivity (Wildman–Crippen MR) is 82.4 cm³/mol. The van der Waals surface area contributed by atoms with Gasteiger partial charge in [0.15, 0.2) is 5.75 Å². The van der Waals surface area contributed by atoms with Crippen LogP contribution in [0.2, 0.25) is 0 Å². The molecule has 1 amide bonds. The fourth-order valence-corrected chi connectivity index (χ4v) is 2.61. The summed E-state index contributed by atoms with van der Waals surface area (Å²) < 4.78 is 16.3. The number of carbonyl (C=O) groups excluding carboxylic acids is 1. The molecule has 0 aliphatic carbocycles. The van der Waals surface area contributed by atoms with Crippen LogP contribution in [0.5, 0.6) is 5.75 Å². The van der Waals surface area contributed by atoms with Crippen molar-refractivity contribution in [2.45, 2.75) is 0 Å². The second-order valence-electron chi connectivity index (χ2n) is 5.17. The number of nitrogens with zero attached hydrogens (tertiary/aromatic N) is 1. The van der Waals surface area contributed by atoms with Crippen molar-refractivity contribution in [2.24, 2.45) is 0 Å². The molecule has 1 N–H and O–H groups in total. The van der Waals surface area contributed by atoms with Gasteiger partial charge >= 0.3 is 0 Å². The van der Waals surface area contributed by atoms with E-state index < -0.39 is 0 Å². The van der Waals surface area contributed by atoms with E-state index in [0.717, 1.165) is 38.2 Å². The monoisotopic (exact) mass is 304 g/mol. The Hall–Kier alpha value is -2.05. The highest BCUT2D eigenvalue weighted by atomic mass is 16.5. The Morgan fingerprint density at radius 2 is 2.09 bits per heavy atom. The average molecular weight is 304 g/mol. The lowest BCUT2D eigenvalue weighted by molar-refractivity contribution is 0.0382. The first-order valence-corrected chi connectivity index (χ1v) is 7.43. The molecule has 1 fully saturated rings. The maximum Gasteiger partial charge on any atom is 0.291 e. The Morgan fingerprint density at radius 3 is 2.86 bits per heavy atom. The van der Waals surface area contributed by atoms with E-state index in [1.807, 2.05) is 24.3 Å². The van der Waals surface area contributed by atoms with Crippen molar-refractivity contribution in [3.63, 3.8) is 0 Å². The van der Waals surface area contributed by atoms with Gasteiger partial charge in [-0.1, -0.05) is 12.1 Å². The molecule has 1 saturated heterocycles. The van der Waals surface area contributed by atoms with Gasteiger partial charge in [0.05, 0.1) is 25.7 Å². The van der Waals surface area contributed by atoms with E-state index in [4.69, 9.17) is 13.9 Å². The number of hydrogen-bond acceptors (Lipinski definition) is 5. The summed E-state index contributed by atoms with van der Waals surface area (Å²) in [6.45, 7) is 4.70. The highest BCUT2D eigenvalue weighted by molar-refractivity contribution is 6.01. The normalized spacial score (nSPS) is 15.9. The van der Waals surface area contributed by atoms with Crippen molar-refractivity contribution in [2.75, 3.05) is 46.5 Å². The van der Waals surface area contributed by atoms with E-state index >= 15 is 0 Å². The summed E-state index contributed by atoms with van der Waals surface area (Å²) in [6, 6.07) is 7.45. The number of methoxy groups -OCH3 is 1. The fraction of sp³-hybridized carbons (Fsp3) is 0.438. The molecule has 22 heavy (non-hydrogen) atoms. The molecule has 2 heterocycles. The number of amides is 1. The van der Waals surface area contributed by atoms with Crippen molar-refractivity contribution in [1.82, 2.24) is 10.2 Å². The molecule has 0 radical (unpaired) electrons. The highest BCUT2D eigenvalue weighted by Gasteiger charge is 2.21. The van der Waals surface area contributed by atoms with Crippen LogP contribution < -0.4 is 10.1 Å². The lowest BCUT2D eigenvalue weighted by Crippen LogP contribution is -2.41. The molecule has 0 saturated carbocycles. The Bertz CT molecular complexity index is 647. The van der Waals surface area contributed by atoms with Gasteiger partial charge in [-0.05, 0) is 12.1 Å². The van der Waals surface area contributed by atoms with E-state index in [1.165, 1.54) is 0 Å². The number of carbonyl (C=O) groups is 1. The van der Waals surface area contributed by atoms with Crippen molar-refractivity contribution >= 4 is 16.9 Å². The van der Waals surface area contributed by atoms with Crippen molar-refractivity contribution in [3.8, 4) is 5.75 Å². The van der Waals surface area contributed by atoms with Crippen molar-refractivity contribution in [3.05, 3.63) is 30.0 Å². The summed E-state index contributed by atoms with van der Waals surface area (Å²) in [4.78, 5) is 14.6. The van der Waals surface area contributed by atoms with Crippen LogP contribution in [0.25, 0.3) is 11.0 Å². The van der Waals surface area contributed by atoms with Crippen LogP contribution in [0.3, 0.4) is 0 Å². The summed E-state index contributed by atoms with van der Waals surface area (Å²) in [5.41, 5.74) is 0.651. The van der Waals surface area contributed by atoms with Crippen LogP contribution in [0, 0.1) is 0 Å². The molecule has 6 heteroatoms. The average Bonchev–Trinajstić information content (AvgIpc) is 2.94. The third kappa shape index (κ3) is 3.08. The van der Waals surface area contributed by atoms with Crippen LogP contribution >= 0.6 is 0 Å². The van der Waals surface area contributed by atoms with Gasteiger partial charge in [0.2, 0.25) is 5.76 Å². The summed E-state index contributed by atoms with van der Waals surface area (Å²) in [7, 11) is 1.54. The molecular formula is C16H20N2O4. The van der Waals surface area contributed by atoms with Gasteiger partial charge in [-0.2, -0.15) is 0 Å². The number of ether oxygens (including phenoxy) is 2. The van der Waals surface area contributed by atoms with Gasteiger partial charge in [0.25, 0.3) is 5.91 Å². The molecule has 6 nitrogen and oxygen atoms in total. The number of furan rings is 1. The number of fused-ring (bicyclic) bond motifs is 1. The van der Waals surface area contributed by atoms with Crippen LogP contribution in [0.4, 0.5) is 0 Å². The first kappa shape index (κ1) is 14.9. The third-order valence-corrected chi connectivity index (χ3v) is 3.78. The molecule has 118 valence electrons. The quantitative estimate of drug-likeness (QED) is 0.907. The zero-order valence-electron chi connectivity index (χ0n) is 12.6. The van der Waals surface area contributed by atoms with Crippen molar-refractivity contribution < 1.29 is 18.7 Å². The number of hydrogen-bond donors (Lipinski definition) is 1. The lowest BCUT2D eigenvalue weighted by atomic mass is 10.2. The summed E-state index contributed by atoms with van der Waals surface area (Å²) in [6.07, 6.45) is 0. The van der Waals surface area contributed by atoms with Gasteiger partial charge in [0, 0.05) is 26.2 Å². The Labute approximate surface area is 129 Å². The minimum absolute atomic E-state index is 0.227. The maximum absolute atomic E-state index is 12.3. The van der Waals surface area contributed by atoms with Gasteiger partial charge in [-0.15, -0.1) is 0 Å². The first-order valence-electron chi connectivity index (χ1n) is 7.43. The highest BCUT2D eigenvalue weighted by Crippen LogP contribution is 2.32. The molecule has 0 unspecified atom stereocenters. The molecule has 0 spiro atoms. The number of rotatable bonds is 5. The molecular weight excluding hydrogens is 284 g/mol. The summed E-state index contributed by atoms with van der Waals surface area (Å²) in [5.74, 6) is 0.464. The smallest absolute Gasteiger partial charge is 0.291 e. The van der Waals surface area contributed by atoms with Gasteiger partial charge in [0.1, 0.15) is 5.58 Å². The van der Waals surface area contributed by atoms with E-state index in [0.29, 0.717) is 17.9 Å². The fourth-order valence-electron chi connectivity index (χ4n) is 2.61. The molecule has 1 aromatic carbocycles. The van der Waals surface area contributed by atoms with Gasteiger partial charge in [-0.25, -0.2) is 0 Å². The number of benzene rings is 1. The van der Waals surface area contributed by atoms with E-state index in [9.17, 15) is 4.79 Å². The number of para-hydroxylation sites is 1. The van der Waals surface area contributed by atoms with Gasteiger partial charge in [-0.3, -0.25) is 9.69 Å². The summed E-state index contributed by atoms with van der Waals surface area (Å²) >= 11 is 0. The van der Waals surface area contributed by atoms with Crippen LogP contribution in [-0.2, 0) is 4.74 Å². The largest absolute Gasteiger partial charge is 0.492 e. The molecule has 1 aromatic heterocycles. The molecule has 1 aliphatic rings. The predicted octanol–water partition coefficient (Wildman–Crippen LogP) is 1.50. The second kappa shape index (κ2) is 6.81. The van der Waals surface area contributed by atoms with Gasteiger partial charge < -0.3 is 19.2 Å². The Kier molecular flexibility index (Phi) is 4.60. The summed E-state index contributed by atoms with van der Waals surface area (Å²) in [5, 5.41) is 3.70. The van der Waals surface area contributed by atoms with E-state index in [-0.39, 0.29) is 11.7 Å². The van der Waals surface area contributed by atoms with Crippen LogP contribution in [-0.4, -0.2) is 57.3 Å². The number of morpholine rings is 1. The van der Waals surface area contributed by atoms with Crippen LogP contribution in [0.15, 0.2) is 28.7 Å². The second-order valence-corrected chi connectivity index (χ2v) is 5.17. The van der Waals surface area contributed by atoms with E-state index in [2.05, 4.69) is 10.2 Å².